The van der Waals surface area contributed by atoms with Gasteiger partial charge in [0.05, 0.1) is 0 Å². The van der Waals surface area contributed by atoms with Gasteiger partial charge in [0.1, 0.15) is 6.04 Å². The van der Waals surface area contributed by atoms with Gasteiger partial charge in [-0.3, -0.25) is 4.79 Å². The molecule has 0 aromatic heterocycles. The summed E-state index contributed by atoms with van der Waals surface area (Å²) in [6.45, 7) is 8.80. The molecule has 0 saturated carbocycles. The maximum atomic E-state index is 11.2. The van der Waals surface area contributed by atoms with Gasteiger partial charge in [-0.25, -0.2) is 4.79 Å². The fourth-order valence-corrected chi connectivity index (χ4v) is 0.974. The summed E-state index contributed by atoms with van der Waals surface area (Å²) in [6.07, 6.45) is 0.425. The molecule has 4 nitrogen and oxygen atoms in total. The Morgan fingerprint density at radius 1 is 1.43 bits per heavy atom. The standard InChI is InChI=1S/C10H17NO3/c1-6(2)5-8(10(13)14)11-9(12)7(3)4/h6,8H,3,5H2,1-2,4H3,(H,11,12)(H,13,14)/t8-/m0/s1. The minimum atomic E-state index is -1.01. The summed E-state index contributed by atoms with van der Waals surface area (Å²) >= 11 is 0. The summed E-state index contributed by atoms with van der Waals surface area (Å²) in [5.41, 5.74) is 0.319. The molecule has 0 aromatic rings. The molecule has 0 radical (unpaired) electrons. The summed E-state index contributed by atoms with van der Waals surface area (Å²) in [7, 11) is 0. The third kappa shape index (κ3) is 4.64. The van der Waals surface area contributed by atoms with E-state index in [1.807, 2.05) is 13.8 Å². The van der Waals surface area contributed by atoms with E-state index in [-0.39, 0.29) is 5.92 Å². The topological polar surface area (TPSA) is 66.4 Å². The number of amides is 1. The van der Waals surface area contributed by atoms with Crippen molar-refractivity contribution in [3.05, 3.63) is 12.2 Å². The van der Waals surface area contributed by atoms with Crippen molar-refractivity contribution in [1.29, 1.82) is 0 Å². The highest BCUT2D eigenvalue weighted by atomic mass is 16.4. The quantitative estimate of drug-likeness (QED) is 0.653. The minimum Gasteiger partial charge on any atom is -0.480 e. The third-order valence-corrected chi connectivity index (χ3v) is 1.70. The van der Waals surface area contributed by atoms with Crippen LogP contribution in [0.2, 0.25) is 0 Å². The zero-order valence-corrected chi connectivity index (χ0v) is 8.83. The van der Waals surface area contributed by atoms with E-state index in [0.29, 0.717) is 12.0 Å². The Balaban J connectivity index is 4.31. The first-order chi connectivity index (χ1) is 6.34. The molecule has 0 unspecified atom stereocenters. The Labute approximate surface area is 84.0 Å². The Kier molecular flexibility index (Phi) is 4.91. The molecule has 1 atom stereocenters. The van der Waals surface area contributed by atoms with E-state index < -0.39 is 17.9 Å². The van der Waals surface area contributed by atoms with Crippen molar-refractivity contribution in [2.45, 2.75) is 33.2 Å². The molecule has 0 bridgehead atoms. The molecule has 0 aliphatic rings. The van der Waals surface area contributed by atoms with Gasteiger partial charge in [0, 0.05) is 5.57 Å². The molecule has 0 heterocycles. The normalized spacial score (nSPS) is 12.3. The largest absolute Gasteiger partial charge is 0.480 e. The number of aliphatic carboxylic acids is 1. The Morgan fingerprint density at radius 2 is 1.93 bits per heavy atom. The second-order valence-corrected chi connectivity index (χ2v) is 3.77. The molecule has 0 aliphatic heterocycles. The Morgan fingerprint density at radius 3 is 2.21 bits per heavy atom. The van der Waals surface area contributed by atoms with Crippen LogP contribution in [0, 0.1) is 5.92 Å². The molecule has 2 N–H and O–H groups in total. The van der Waals surface area contributed by atoms with E-state index in [4.69, 9.17) is 5.11 Å². The van der Waals surface area contributed by atoms with Crippen molar-refractivity contribution >= 4 is 11.9 Å². The predicted octanol–water partition coefficient (Wildman–Crippen LogP) is 1.18. The van der Waals surface area contributed by atoms with Crippen molar-refractivity contribution in [2.24, 2.45) is 5.92 Å². The first-order valence-electron chi connectivity index (χ1n) is 4.53. The van der Waals surface area contributed by atoms with Gasteiger partial charge in [0.15, 0.2) is 0 Å². The fraction of sp³-hybridized carbons (Fsp3) is 0.600. The molecular formula is C10H17NO3. The summed E-state index contributed by atoms with van der Waals surface area (Å²) in [4.78, 5) is 21.9. The van der Waals surface area contributed by atoms with E-state index in [1.165, 1.54) is 0 Å². The molecule has 0 spiro atoms. The van der Waals surface area contributed by atoms with Crippen molar-refractivity contribution in [3.63, 3.8) is 0 Å². The van der Waals surface area contributed by atoms with E-state index in [2.05, 4.69) is 11.9 Å². The van der Waals surface area contributed by atoms with Gasteiger partial charge >= 0.3 is 5.97 Å². The number of carbonyl (C=O) groups excluding carboxylic acids is 1. The second-order valence-electron chi connectivity index (χ2n) is 3.77. The molecule has 80 valence electrons. The predicted molar refractivity (Wildman–Crippen MR) is 53.8 cm³/mol. The third-order valence-electron chi connectivity index (χ3n) is 1.70. The number of carboxylic acid groups (broad SMARTS) is 1. The minimum absolute atomic E-state index is 0.224. The lowest BCUT2D eigenvalue weighted by atomic mass is 10.0. The SMILES string of the molecule is C=C(C)C(=O)N[C@@H](CC(C)C)C(=O)O. The van der Waals surface area contributed by atoms with Gasteiger partial charge in [-0.1, -0.05) is 20.4 Å². The van der Waals surface area contributed by atoms with Crippen LogP contribution in [-0.2, 0) is 9.59 Å². The molecule has 14 heavy (non-hydrogen) atoms. The van der Waals surface area contributed by atoms with E-state index in [1.54, 1.807) is 6.92 Å². The molecule has 1 amide bonds. The van der Waals surface area contributed by atoms with Gasteiger partial charge in [0.25, 0.3) is 0 Å². The lowest BCUT2D eigenvalue weighted by molar-refractivity contribution is -0.141. The number of hydrogen-bond acceptors (Lipinski definition) is 2. The first kappa shape index (κ1) is 12.7. The molecular weight excluding hydrogens is 182 g/mol. The molecule has 0 aliphatic carbocycles. The van der Waals surface area contributed by atoms with E-state index >= 15 is 0 Å². The maximum Gasteiger partial charge on any atom is 0.326 e. The highest BCUT2D eigenvalue weighted by Gasteiger charge is 2.20. The van der Waals surface area contributed by atoms with Crippen LogP contribution in [0.3, 0.4) is 0 Å². The molecule has 0 rings (SSSR count). The highest BCUT2D eigenvalue weighted by molar-refractivity contribution is 5.94. The van der Waals surface area contributed by atoms with Crippen LogP contribution in [-0.4, -0.2) is 23.0 Å². The summed E-state index contributed by atoms with van der Waals surface area (Å²) in [5.74, 6) is -1.19. The fourth-order valence-electron chi connectivity index (χ4n) is 0.974. The molecule has 0 aromatic carbocycles. The van der Waals surface area contributed by atoms with Crippen molar-refractivity contribution in [3.8, 4) is 0 Å². The molecule has 4 heteroatoms. The van der Waals surface area contributed by atoms with Gasteiger partial charge < -0.3 is 10.4 Å². The van der Waals surface area contributed by atoms with Gasteiger partial charge in [0.2, 0.25) is 5.91 Å². The maximum absolute atomic E-state index is 11.2. The average molecular weight is 199 g/mol. The number of carbonyl (C=O) groups is 2. The highest BCUT2D eigenvalue weighted by Crippen LogP contribution is 2.05. The van der Waals surface area contributed by atoms with Crippen LogP contribution in [0.4, 0.5) is 0 Å². The second kappa shape index (κ2) is 5.42. The van der Waals surface area contributed by atoms with Crippen LogP contribution >= 0.6 is 0 Å². The van der Waals surface area contributed by atoms with E-state index in [0.717, 1.165) is 0 Å². The molecule has 0 fully saturated rings. The first-order valence-corrected chi connectivity index (χ1v) is 4.53. The van der Waals surface area contributed by atoms with E-state index in [9.17, 15) is 9.59 Å². The Hall–Kier alpha value is -1.32. The number of carboxylic acids is 1. The monoisotopic (exact) mass is 199 g/mol. The van der Waals surface area contributed by atoms with Crippen LogP contribution in [0.5, 0.6) is 0 Å². The summed E-state index contributed by atoms with van der Waals surface area (Å²) in [5, 5.41) is 11.2. The van der Waals surface area contributed by atoms with Crippen molar-refractivity contribution < 1.29 is 14.7 Å². The zero-order valence-electron chi connectivity index (χ0n) is 8.83. The summed E-state index contributed by atoms with van der Waals surface area (Å²) in [6, 6.07) is -0.820. The number of nitrogens with one attached hydrogen (secondary N) is 1. The zero-order chi connectivity index (χ0) is 11.3. The van der Waals surface area contributed by atoms with Gasteiger partial charge in [-0.05, 0) is 19.3 Å². The molecule has 0 saturated heterocycles. The Bertz CT molecular complexity index is 246. The summed E-state index contributed by atoms with van der Waals surface area (Å²) < 4.78 is 0. The lowest BCUT2D eigenvalue weighted by Crippen LogP contribution is -2.41. The van der Waals surface area contributed by atoms with Gasteiger partial charge in [-0.2, -0.15) is 0 Å². The van der Waals surface area contributed by atoms with Crippen LogP contribution < -0.4 is 5.32 Å². The van der Waals surface area contributed by atoms with Gasteiger partial charge in [-0.15, -0.1) is 0 Å². The number of hydrogen-bond donors (Lipinski definition) is 2. The average Bonchev–Trinajstić information content (AvgIpc) is 2.01. The van der Waals surface area contributed by atoms with Crippen LogP contribution in [0.25, 0.3) is 0 Å². The lowest BCUT2D eigenvalue weighted by Gasteiger charge is -2.16. The smallest absolute Gasteiger partial charge is 0.326 e. The van der Waals surface area contributed by atoms with Crippen LogP contribution in [0.15, 0.2) is 12.2 Å². The van der Waals surface area contributed by atoms with Crippen molar-refractivity contribution in [1.82, 2.24) is 5.32 Å². The van der Waals surface area contributed by atoms with Crippen molar-refractivity contribution in [2.75, 3.05) is 0 Å². The number of rotatable bonds is 5. The van der Waals surface area contributed by atoms with Crippen LogP contribution in [0.1, 0.15) is 27.2 Å².